The first-order chi connectivity index (χ1) is 8.08. The average molecular weight is 233 g/mol. The molecular weight excluding hydrogens is 210 g/mol. The molecule has 94 valence electrons. The summed E-state index contributed by atoms with van der Waals surface area (Å²) in [5.74, 6) is 0.736. The van der Waals surface area contributed by atoms with Crippen LogP contribution >= 0.6 is 0 Å². The van der Waals surface area contributed by atoms with Crippen LogP contribution < -0.4 is 5.73 Å². The Morgan fingerprint density at radius 3 is 2.82 bits per heavy atom. The van der Waals surface area contributed by atoms with Gasteiger partial charge >= 0.3 is 0 Å². The second kappa shape index (κ2) is 5.15. The quantitative estimate of drug-likeness (QED) is 0.813. The maximum absolute atomic E-state index is 6.33. The van der Waals surface area contributed by atoms with Gasteiger partial charge in [-0.1, -0.05) is 6.07 Å². The highest BCUT2D eigenvalue weighted by molar-refractivity contribution is 5.04. The molecule has 1 aromatic heterocycles. The van der Waals surface area contributed by atoms with E-state index >= 15 is 0 Å². The molecule has 0 amide bonds. The van der Waals surface area contributed by atoms with Crippen LogP contribution in [0.3, 0.4) is 0 Å². The van der Waals surface area contributed by atoms with Crippen LogP contribution in [0, 0.1) is 5.92 Å². The molecule has 1 aromatic rings. The SMILES string of the molecule is CN(CCc1ccccn1)CC(C)(N)C1CC1. The molecule has 3 nitrogen and oxygen atoms in total. The van der Waals surface area contributed by atoms with Crippen molar-refractivity contribution in [1.82, 2.24) is 9.88 Å². The average Bonchev–Trinajstić information content (AvgIpc) is 3.11. The standard InChI is InChI=1S/C14H23N3/c1-14(15,12-6-7-12)11-17(2)10-8-13-5-3-4-9-16-13/h3-5,9,12H,6-8,10-11,15H2,1-2H3. The van der Waals surface area contributed by atoms with Gasteiger partial charge in [0.05, 0.1) is 0 Å². The molecule has 0 spiro atoms. The lowest BCUT2D eigenvalue weighted by Gasteiger charge is -2.30. The van der Waals surface area contributed by atoms with Gasteiger partial charge in [-0.25, -0.2) is 0 Å². The van der Waals surface area contributed by atoms with Crippen LogP contribution in [0.25, 0.3) is 0 Å². The van der Waals surface area contributed by atoms with Gasteiger partial charge in [0, 0.05) is 36.9 Å². The Kier molecular flexibility index (Phi) is 3.79. The predicted molar refractivity (Wildman–Crippen MR) is 70.8 cm³/mol. The van der Waals surface area contributed by atoms with Crippen molar-refractivity contribution in [2.24, 2.45) is 11.7 Å². The van der Waals surface area contributed by atoms with E-state index in [4.69, 9.17) is 5.73 Å². The lowest BCUT2D eigenvalue weighted by Crippen LogP contribution is -2.48. The molecule has 1 aliphatic carbocycles. The van der Waals surface area contributed by atoms with E-state index in [9.17, 15) is 0 Å². The molecule has 17 heavy (non-hydrogen) atoms. The Morgan fingerprint density at radius 2 is 2.24 bits per heavy atom. The molecule has 1 atom stereocenters. The van der Waals surface area contributed by atoms with E-state index in [0.717, 1.165) is 31.1 Å². The largest absolute Gasteiger partial charge is 0.324 e. The van der Waals surface area contributed by atoms with E-state index < -0.39 is 0 Å². The summed E-state index contributed by atoms with van der Waals surface area (Å²) >= 11 is 0. The number of hydrogen-bond acceptors (Lipinski definition) is 3. The molecule has 1 unspecified atom stereocenters. The van der Waals surface area contributed by atoms with Gasteiger partial charge in [0.2, 0.25) is 0 Å². The fourth-order valence-corrected chi connectivity index (χ4v) is 2.38. The Hall–Kier alpha value is -0.930. The maximum Gasteiger partial charge on any atom is 0.0416 e. The number of nitrogens with zero attached hydrogens (tertiary/aromatic N) is 2. The van der Waals surface area contributed by atoms with Gasteiger partial charge in [0.1, 0.15) is 0 Å². The van der Waals surface area contributed by atoms with Gasteiger partial charge in [0.25, 0.3) is 0 Å². The minimum Gasteiger partial charge on any atom is -0.324 e. The zero-order valence-electron chi connectivity index (χ0n) is 10.9. The summed E-state index contributed by atoms with van der Waals surface area (Å²) in [6, 6.07) is 6.08. The van der Waals surface area contributed by atoms with Crippen LogP contribution in [0.4, 0.5) is 0 Å². The normalized spacial score (nSPS) is 19.3. The van der Waals surface area contributed by atoms with Gasteiger partial charge in [-0.15, -0.1) is 0 Å². The molecule has 0 aliphatic heterocycles. The molecule has 1 aliphatic rings. The van der Waals surface area contributed by atoms with Crippen LogP contribution in [0.15, 0.2) is 24.4 Å². The highest BCUT2D eigenvalue weighted by atomic mass is 15.1. The number of aromatic nitrogens is 1. The highest BCUT2D eigenvalue weighted by Gasteiger charge is 2.38. The van der Waals surface area contributed by atoms with Crippen molar-refractivity contribution < 1.29 is 0 Å². The molecule has 2 rings (SSSR count). The first-order valence-electron chi connectivity index (χ1n) is 6.45. The lowest BCUT2D eigenvalue weighted by atomic mass is 9.97. The number of rotatable bonds is 6. The van der Waals surface area contributed by atoms with Crippen molar-refractivity contribution in [2.75, 3.05) is 20.1 Å². The van der Waals surface area contributed by atoms with E-state index in [1.807, 2.05) is 18.3 Å². The number of pyridine rings is 1. The van der Waals surface area contributed by atoms with Gasteiger partial charge in [-0.2, -0.15) is 0 Å². The number of hydrogen-bond donors (Lipinski definition) is 1. The monoisotopic (exact) mass is 233 g/mol. The summed E-state index contributed by atoms with van der Waals surface area (Å²) < 4.78 is 0. The van der Waals surface area contributed by atoms with Gasteiger partial charge in [-0.05, 0) is 44.9 Å². The van der Waals surface area contributed by atoms with Crippen LogP contribution in [-0.2, 0) is 6.42 Å². The second-order valence-corrected chi connectivity index (χ2v) is 5.59. The Balaban J connectivity index is 1.76. The van der Waals surface area contributed by atoms with Gasteiger partial charge in [-0.3, -0.25) is 4.98 Å². The summed E-state index contributed by atoms with van der Waals surface area (Å²) in [5, 5.41) is 0. The smallest absolute Gasteiger partial charge is 0.0416 e. The van der Waals surface area contributed by atoms with Crippen molar-refractivity contribution in [2.45, 2.75) is 31.7 Å². The maximum atomic E-state index is 6.33. The number of nitrogens with two attached hydrogens (primary N) is 1. The molecule has 0 bridgehead atoms. The van der Waals surface area contributed by atoms with E-state index in [2.05, 4.69) is 29.9 Å². The minimum atomic E-state index is -0.0150. The summed E-state index contributed by atoms with van der Waals surface area (Å²) in [6.45, 7) is 4.18. The Bertz CT molecular complexity index is 344. The van der Waals surface area contributed by atoms with Crippen molar-refractivity contribution in [3.8, 4) is 0 Å². The van der Waals surface area contributed by atoms with Crippen LogP contribution in [0.1, 0.15) is 25.5 Å². The molecule has 1 heterocycles. The number of likely N-dealkylation sites (N-methyl/N-ethyl adjacent to an activating group) is 1. The third kappa shape index (κ3) is 3.79. The highest BCUT2D eigenvalue weighted by Crippen LogP contribution is 2.38. The molecule has 0 saturated heterocycles. The zero-order valence-corrected chi connectivity index (χ0v) is 10.9. The fourth-order valence-electron chi connectivity index (χ4n) is 2.38. The summed E-state index contributed by atoms with van der Waals surface area (Å²) in [6.07, 6.45) is 5.47. The predicted octanol–water partition coefficient (Wildman–Crippen LogP) is 1.68. The van der Waals surface area contributed by atoms with Crippen LogP contribution in [0.2, 0.25) is 0 Å². The first-order valence-corrected chi connectivity index (χ1v) is 6.45. The van der Waals surface area contributed by atoms with Crippen LogP contribution in [0.5, 0.6) is 0 Å². The van der Waals surface area contributed by atoms with Crippen molar-refractivity contribution in [1.29, 1.82) is 0 Å². The fraction of sp³-hybridized carbons (Fsp3) is 0.643. The Labute approximate surface area is 104 Å². The van der Waals surface area contributed by atoms with E-state index in [0.29, 0.717) is 0 Å². The Morgan fingerprint density at radius 1 is 1.47 bits per heavy atom. The lowest BCUT2D eigenvalue weighted by molar-refractivity contribution is 0.240. The minimum absolute atomic E-state index is 0.0150. The molecule has 1 fully saturated rings. The van der Waals surface area contributed by atoms with E-state index in [1.54, 1.807) is 0 Å². The van der Waals surface area contributed by atoms with Crippen molar-refractivity contribution >= 4 is 0 Å². The van der Waals surface area contributed by atoms with Crippen LogP contribution in [-0.4, -0.2) is 35.6 Å². The summed E-state index contributed by atoms with van der Waals surface area (Å²) in [4.78, 5) is 6.66. The summed E-state index contributed by atoms with van der Waals surface area (Å²) in [5.41, 5.74) is 7.48. The molecule has 0 radical (unpaired) electrons. The second-order valence-electron chi connectivity index (χ2n) is 5.59. The topological polar surface area (TPSA) is 42.2 Å². The van der Waals surface area contributed by atoms with E-state index in [1.165, 1.54) is 12.8 Å². The van der Waals surface area contributed by atoms with Gasteiger partial charge < -0.3 is 10.6 Å². The molecule has 3 heteroatoms. The molecule has 2 N–H and O–H groups in total. The summed E-state index contributed by atoms with van der Waals surface area (Å²) in [7, 11) is 2.15. The van der Waals surface area contributed by atoms with Crippen molar-refractivity contribution in [3.05, 3.63) is 30.1 Å². The molecule has 1 saturated carbocycles. The third-order valence-electron chi connectivity index (χ3n) is 3.60. The van der Waals surface area contributed by atoms with Gasteiger partial charge in [0.15, 0.2) is 0 Å². The van der Waals surface area contributed by atoms with E-state index in [-0.39, 0.29) is 5.54 Å². The molecular formula is C14H23N3. The van der Waals surface area contributed by atoms with Crippen molar-refractivity contribution in [3.63, 3.8) is 0 Å². The first kappa shape index (κ1) is 12.5. The third-order valence-corrected chi connectivity index (χ3v) is 3.60. The molecule has 0 aromatic carbocycles. The zero-order chi connectivity index (χ0) is 12.3.